The molecule has 1 heterocycles. The third kappa shape index (κ3) is 2.87. The molecular weight excluding hydrogens is 330 g/mol. The number of nitrogens with zero attached hydrogens (tertiary/aromatic N) is 2. The van der Waals surface area contributed by atoms with E-state index in [1.165, 1.54) is 12.1 Å². The lowest BCUT2D eigenvalue weighted by Gasteiger charge is -2.15. The van der Waals surface area contributed by atoms with Crippen LogP contribution in [0.1, 0.15) is 11.1 Å². The van der Waals surface area contributed by atoms with Crippen molar-refractivity contribution < 1.29 is 14.9 Å². The number of nitriles is 1. The molecule has 4 N–H and O–H groups in total. The number of aromatic hydroxyl groups is 2. The van der Waals surface area contributed by atoms with Gasteiger partial charge in [-0.15, -0.1) is 0 Å². The van der Waals surface area contributed by atoms with Gasteiger partial charge in [0.15, 0.2) is 11.5 Å². The van der Waals surface area contributed by atoms with Gasteiger partial charge in [-0.3, -0.25) is 0 Å². The molecule has 0 spiro atoms. The maximum atomic E-state index is 9.84. The molecule has 0 aliphatic heterocycles. The third-order valence-electron chi connectivity index (χ3n) is 4.21. The molecule has 130 valence electrons. The molecule has 6 nitrogen and oxygen atoms in total. The summed E-state index contributed by atoms with van der Waals surface area (Å²) in [5.74, 6) is 0.317. The Morgan fingerprint density at radius 2 is 1.69 bits per heavy atom. The highest BCUT2D eigenvalue weighted by atomic mass is 16.5. The zero-order valence-electron chi connectivity index (χ0n) is 14.3. The van der Waals surface area contributed by atoms with Crippen molar-refractivity contribution in [2.24, 2.45) is 0 Å². The quantitative estimate of drug-likeness (QED) is 0.624. The van der Waals surface area contributed by atoms with Gasteiger partial charge in [0.2, 0.25) is 0 Å². The highest BCUT2D eigenvalue weighted by molar-refractivity contribution is 5.85. The highest BCUT2D eigenvalue weighted by Gasteiger charge is 2.19. The molecule has 0 aliphatic carbocycles. The van der Waals surface area contributed by atoms with E-state index in [-0.39, 0.29) is 22.9 Å². The summed E-state index contributed by atoms with van der Waals surface area (Å²) in [5, 5.41) is 28.9. The molecule has 0 atom stereocenters. The summed E-state index contributed by atoms with van der Waals surface area (Å²) in [6, 6.07) is 13.8. The van der Waals surface area contributed by atoms with Crippen molar-refractivity contribution in [3.63, 3.8) is 0 Å². The van der Waals surface area contributed by atoms with Gasteiger partial charge in [-0.1, -0.05) is 6.07 Å². The zero-order valence-corrected chi connectivity index (χ0v) is 14.3. The van der Waals surface area contributed by atoms with Crippen LogP contribution in [0, 0.1) is 18.3 Å². The average Bonchev–Trinajstić information content (AvgIpc) is 2.65. The molecule has 2 aromatic carbocycles. The molecule has 0 fully saturated rings. The molecule has 6 heteroatoms. The first-order valence-electron chi connectivity index (χ1n) is 7.83. The number of phenols is 2. The molecule has 0 unspecified atom stereocenters. The van der Waals surface area contributed by atoms with Gasteiger partial charge >= 0.3 is 0 Å². The van der Waals surface area contributed by atoms with Crippen LogP contribution in [-0.4, -0.2) is 22.3 Å². The zero-order chi connectivity index (χ0) is 18.8. The van der Waals surface area contributed by atoms with Crippen molar-refractivity contribution in [2.75, 3.05) is 12.8 Å². The van der Waals surface area contributed by atoms with Crippen molar-refractivity contribution in [3.8, 4) is 45.7 Å². The van der Waals surface area contributed by atoms with Gasteiger partial charge in [-0.2, -0.15) is 5.26 Å². The first kappa shape index (κ1) is 17.1. The van der Waals surface area contributed by atoms with Gasteiger partial charge in [-0.25, -0.2) is 4.98 Å². The SMILES string of the molecule is COc1ccc(-c2nc(N)c(C#N)c(-c3ccc(O)c(O)c3)c2C)cc1. The molecule has 0 bridgehead atoms. The summed E-state index contributed by atoms with van der Waals surface area (Å²) in [7, 11) is 1.59. The number of pyridine rings is 1. The molecule has 0 radical (unpaired) electrons. The Balaban J connectivity index is 2.27. The van der Waals surface area contributed by atoms with Crippen LogP contribution in [-0.2, 0) is 0 Å². The lowest BCUT2D eigenvalue weighted by Crippen LogP contribution is -2.03. The van der Waals surface area contributed by atoms with E-state index in [4.69, 9.17) is 10.5 Å². The van der Waals surface area contributed by atoms with Gasteiger partial charge in [0.05, 0.1) is 12.8 Å². The van der Waals surface area contributed by atoms with Gasteiger partial charge in [0, 0.05) is 11.1 Å². The fourth-order valence-corrected chi connectivity index (χ4v) is 2.88. The van der Waals surface area contributed by atoms with E-state index in [1.54, 1.807) is 13.2 Å². The van der Waals surface area contributed by atoms with Gasteiger partial charge in [0.25, 0.3) is 0 Å². The number of ether oxygens (including phenoxy) is 1. The average molecular weight is 347 g/mol. The summed E-state index contributed by atoms with van der Waals surface area (Å²) >= 11 is 0. The topological polar surface area (TPSA) is 112 Å². The predicted molar refractivity (Wildman–Crippen MR) is 98.9 cm³/mol. The third-order valence-corrected chi connectivity index (χ3v) is 4.21. The lowest BCUT2D eigenvalue weighted by atomic mass is 9.92. The molecule has 26 heavy (non-hydrogen) atoms. The Hall–Kier alpha value is -3.72. The van der Waals surface area contributed by atoms with Crippen LogP contribution >= 0.6 is 0 Å². The number of nitrogen functional groups attached to an aromatic ring is 1. The molecule has 0 saturated heterocycles. The Kier molecular flexibility index (Phi) is 4.38. The first-order valence-corrected chi connectivity index (χ1v) is 7.83. The fraction of sp³-hybridized carbons (Fsp3) is 0.100. The van der Waals surface area contributed by atoms with Crippen molar-refractivity contribution in [3.05, 3.63) is 53.6 Å². The monoisotopic (exact) mass is 347 g/mol. The van der Waals surface area contributed by atoms with Crippen molar-refractivity contribution in [1.82, 2.24) is 4.98 Å². The maximum absolute atomic E-state index is 9.84. The van der Waals surface area contributed by atoms with Crippen molar-refractivity contribution >= 4 is 5.82 Å². The van der Waals surface area contributed by atoms with E-state index in [0.717, 1.165) is 16.9 Å². The predicted octanol–water partition coefficient (Wildman–Crippen LogP) is 3.60. The number of methoxy groups -OCH3 is 1. The summed E-state index contributed by atoms with van der Waals surface area (Å²) in [6.07, 6.45) is 0. The largest absolute Gasteiger partial charge is 0.504 e. The van der Waals surface area contributed by atoms with E-state index in [0.29, 0.717) is 16.8 Å². The molecule has 1 aromatic heterocycles. The van der Waals surface area contributed by atoms with Gasteiger partial charge < -0.3 is 20.7 Å². The van der Waals surface area contributed by atoms with Gasteiger partial charge in [0.1, 0.15) is 23.2 Å². The Morgan fingerprint density at radius 3 is 2.27 bits per heavy atom. The van der Waals surface area contributed by atoms with Crippen LogP contribution in [0.2, 0.25) is 0 Å². The van der Waals surface area contributed by atoms with E-state index in [2.05, 4.69) is 11.1 Å². The summed E-state index contributed by atoms with van der Waals surface area (Å²) < 4.78 is 5.17. The highest BCUT2D eigenvalue weighted by Crippen LogP contribution is 2.38. The number of hydrogen-bond donors (Lipinski definition) is 3. The lowest BCUT2D eigenvalue weighted by molar-refractivity contribution is 0.404. The number of benzene rings is 2. The minimum Gasteiger partial charge on any atom is -0.504 e. The molecular formula is C20H17N3O3. The second kappa shape index (κ2) is 6.65. The Labute approximate surface area is 150 Å². The number of hydrogen-bond acceptors (Lipinski definition) is 6. The van der Waals surface area contributed by atoms with Crippen LogP contribution in [0.5, 0.6) is 17.2 Å². The second-order valence-corrected chi connectivity index (χ2v) is 5.76. The molecule has 0 saturated carbocycles. The van der Waals surface area contributed by atoms with Gasteiger partial charge in [-0.05, 0) is 54.4 Å². The molecule has 0 aliphatic rings. The first-order chi connectivity index (χ1) is 12.5. The minimum atomic E-state index is -0.271. The van der Waals surface area contributed by atoms with E-state index >= 15 is 0 Å². The minimum absolute atomic E-state index is 0.103. The Morgan fingerprint density at radius 1 is 1.04 bits per heavy atom. The number of rotatable bonds is 3. The van der Waals surface area contributed by atoms with E-state index < -0.39 is 0 Å². The number of nitrogens with two attached hydrogens (primary N) is 1. The fourth-order valence-electron chi connectivity index (χ4n) is 2.88. The number of aromatic nitrogens is 1. The summed E-state index contributed by atoms with van der Waals surface area (Å²) in [4.78, 5) is 4.40. The van der Waals surface area contributed by atoms with E-state index in [1.807, 2.05) is 31.2 Å². The summed E-state index contributed by atoms with van der Waals surface area (Å²) in [6.45, 7) is 1.84. The molecule has 3 aromatic rings. The number of anilines is 1. The van der Waals surface area contributed by atoms with Crippen molar-refractivity contribution in [1.29, 1.82) is 5.26 Å². The maximum Gasteiger partial charge on any atom is 0.158 e. The number of phenolic OH excluding ortho intramolecular Hbond substituents is 2. The van der Waals surface area contributed by atoms with Crippen LogP contribution in [0.4, 0.5) is 5.82 Å². The standard InChI is InChI=1S/C20H17N3O3/c1-11-18(13-5-8-16(24)17(25)9-13)15(10-21)20(22)23-19(11)12-3-6-14(26-2)7-4-12/h3-9,24-25H,1-2H3,(H2,22,23). The normalized spacial score (nSPS) is 10.3. The second-order valence-electron chi connectivity index (χ2n) is 5.76. The molecule has 0 amide bonds. The summed E-state index contributed by atoms with van der Waals surface area (Å²) in [5.41, 5.74) is 9.59. The van der Waals surface area contributed by atoms with Crippen LogP contribution < -0.4 is 10.5 Å². The van der Waals surface area contributed by atoms with E-state index in [9.17, 15) is 15.5 Å². The Bertz CT molecular complexity index is 1020. The smallest absolute Gasteiger partial charge is 0.158 e. The van der Waals surface area contributed by atoms with Crippen LogP contribution in [0.3, 0.4) is 0 Å². The molecule has 3 rings (SSSR count). The van der Waals surface area contributed by atoms with Crippen molar-refractivity contribution in [2.45, 2.75) is 6.92 Å². The van der Waals surface area contributed by atoms with Crippen LogP contribution in [0.25, 0.3) is 22.4 Å². The van der Waals surface area contributed by atoms with Crippen LogP contribution in [0.15, 0.2) is 42.5 Å².